The Kier molecular flexibility index (Phi) is 6.62. The summed E-state index contributed by atoms with van der Waals surface area (Å²) in [5.74, 6) is -0.334. The second kappa shape index (κ2) is 7.16. The fourth-order valence-corrected chi connectivity index (χ4v) is 1.47. The molecule has 0 saturated carbocycles. The number of imidazole rings is 1. The van der Waals surface area contributed by atoms with E-state index >= 15 is 0 Å². The second-order valence-corrected chi connectivity index (χ2v) is 4.18. The Balaban J connectivity index is 0.00000137. The molecule has 0 atom stereocenters. The summed E-state index contributed by atoms with van der Waals surface area (Å²) in [6.45, 7) is 9.63. The molecule has 2 N–H and O–H groups in total. The van der Waals surface area contributed by atoms with Crippen molar-refractivity contribution in [1.29, 1.82) is 0 Å². The molecule has 0 aromatic carbocycles. The summed E-state index contributed by atoms with van der Waals surface area (Å²) in [6, 6.07) is 0. The number of aromatic nitrogens is 2. The lowest BCUT2D eigenvalue weighted by molar-refractivity contribution is 0.0141. The van der Waals surface area contributed by atoms with Crippen LogP contribution < -0.4 is 0 Å². The third-order valence-corrected chi connectivity index (χ3v) is 2.55. The molecule has 0 fully saturated rings. The van der Waals surface area contributed by atoms with E-state index < -0.39 is 11.6 Å². The number of rotatable bonds is 5. The van der Waals surface area contributed by atoms with Gasteiger partial charge in [-0.25, -0.2) is 9.78 Å². The lowest BCUT2D eigenvalue weighted by Crippen LogP contribution is -2.23. The van der Waals surface area contributed by atoms with Gasteiger partial charge in [0, 0.05) is 13.5 Å². The van der Waals surface area contributed by atoms with Crippen molar-refractivity contribution in [1.82, 2.24) is 9.97 Å². The van der Waals surface area contributed by atoms with E-state index in [1.807, 2.05) is 34.6 Å². The number of aromatic amines is 1. The van der Waals surface area contributed by atoms with Gasteiger partial charge in [-0.05, 0) is 20.3 Å². The SMILES string of the molecule is CC.CCCc1nc(C(=O)O)c(C(C)(C)OC)[nH]1. The highest BCUT2D eigenvalue weighted by atomic mass is 16.5. The lowest BCUT2D eigenvalue weighted by Gasteiger charge is -2.21. The van der Waals surface area contributed by atoms with Crippen molar-refractivity contribution >= 4 is 5.97 Å². The normalized spacial score (nSPS) is 10.8. The number of aromatic carboxylic acids is 1. The van der Waals surface area contributed by atoms with Gasteiger partial charge in [0.25, 0.3) is 0 Å². The van der Waals surface area contributed by atoms with Gasteiger partial charge in [0.05, 0.1) is 5.69 Å². The van der Waals surface area contributed by atoms with Gasteiger partial charge in [-0.1, -0.05) is 20.8 Å². The van der Waals surface area contributed by atoms with Crippen LogP contribution in [0.4, 0.5) is 0 Å². The summed E-state index contributed by atoms with van der Waals surface area (Å²) < 4.78 is 5.27. The lowest BCUT2D eigenvalue weighted by atomic mass is 10.0. The molecule has 1 aromatic rings. The molecule has 0 bridgehead atoms. The Morgan fingerprint density at radius 2 is 2.00 bits per heavy atom. The summed E-state index contributed by atoms with van der Waals surface area (Å²) in [4.78, 5) is 18.2. The Morgan fingerprint density at radius 1 is 1.44 bits per heavy atom. The number of carboxylic acid groups (broad SMARTS) is 1. The molecule has 0 aliphatic heterocycles. The first kappa shape index (κ1) is 16.6. The van der Waals surface area contributed by atoms with Gasteiger partial charge < -0.3 is 14.8 Å². The monoisotopic (exact) mass is 256 g/mol. The third kappa shape index (κ3) is 3.84. The van der Waals surface area contributed by atoms with Crippen LogP contribution in [0.15, 0.2) is 0 Å². The molecule has 104 valence electrons. The maximum absolute atomic E-state index is 11.1. The summed E-state index contributed by atoms with van der Waals surface area (Å²) in [5, 5.41) is 9.07. The van der Waals surface area contributed by atoms with E-state index in [-0.39, 0.29) is 5.69 Å². The van der Waals surface area contributed by atoms with E-state index in [2.05, 4.69) is 9.97 Å². The van der Waals surface area contributed by atoms with Gasteiger partial charge in [0.1, 0.15) is 11.4 Å². The van der Waals surface area contributed by atoms with Gasteiger partial charge in [0.15, 0.2) is 5.69 Å². The number of hydrogen-bond donors (Lipinski definition) is 2. The first-order valence-corrected chi connectivity index (χ1v) is 6.30. The van der Waals surface area contributed by atoms with Crippen LogP contribution in [0.1, 0.15) is 63.0 Å². The molecule has 0 amide bonds. The van der Waals surface area contributed by atoms with Crippen LogP contribution in [-0.4, -0.2) is 28.2 Å². The molecule has 0 aliphatic rings. The molecule has 0 unspecified atom stereocenters. The van der Waals surface area contributed by atoms with E-state index in [4.69, 9.17) is 9.84 Å². The van der Waals surface area contributed by atoms with Gasteiger partial charge >= 0.3 is 5.97 Å². The van der Waals surface area contributed by atoms with Crippen LogP contribution in [0.5, 0.6) is 0 Å². The van der Waals surface area contributed by atoms with E-state index in [9.17, 15) is 4.79 Å². The highest BCUT2D eigenvalue weighted by Gasteiger charge is 2.29. The maximum Gasteiger partial charge on any atom is 0.356 e. The topological polar surface area (TPSA) is 75.2 Å². The Morgan fingerprint density at radius 3 is 2.39 bits per heavy atom. The number of carboxylic acids is 1. The number of methoxy groups -OCH3 is 1. The predicted molar refractivity (Wildman–Crippen MR) is 70.9 cm³/mol. The van der Waals surface area contributed by atoms with Gasteiger partial charge in [0.2, 0.25) is 0 Å². The summed E-state index contributed by atoms with van der Waals surface area (Å²) in [7, 11) is 1.55. The number of nitrogens with zero attached hydrogens (tertiary/aromatic N) is 1. The molecule has 0 saturated heterocycles. The Bertz CT molecular complexity index is 384. The van der Waals surface area contributed by atoms with Crippen LogP contribution in [-0.2, 0) is 16.8 Å². The average molecular weight is 256 g/mol. The van der Waals surface area contributed by atoms with Crippen LogP contribution >= 0.6 is 0 Å². The van der Waals surface area contributed by atoms with Crippen molar-refractivity contribution < 1.29 is 14.6 Å². The van der Waals surface area contributed by atoms with Gasteiger partial charge in [-0.15, -0.1) is 0 Å². The molecule has 0 spiro atoms. The molecular weight excluding hydrogens is 232 g/mol. The fourth-order valence-electron chi connectivity index (χ4n) is 1.47. The smallest absolute Gasteiger partial charge is 0.356 e. The maximum atomic E-state index is 11.1. The summed E-state index contributed by atoms with van der Waals surface area (Å²) in [5.41, 5.74) is -0.103. The van der Waals surface area contributed by atoms with Crippen LogP contribution in [0.2, 0.25) is 0 Å². The number of carbonyl (C=O) groups is 1. The minimum Gasteiger partial charge on any atom is -0.476 e. The zero-order valence-corrected chi connectivity index (χ0v) is 12.1. The highest BCUT2D eigenvalue weighted by Crippen LogP contribution is 2.25. The van der Waals surface area contributed by atoms with Crippen molar-refractivity contribution in [3.05, 3.63) is 17.2 Å². The minimum atomic E-state index is -1.03. The van der Waals surface area contributed by atoms with Gasteiger partial charge in [-0.2, -0.15) is 0 Å². The van der Waals surface area contributed by atoms with E-state index in [1.165, 1.54) is 0 Å². The number of nitrogens with one attached hydrogen (secondary N) is 1. The van der Waals surface area contributed by atoms with E-state index in [0.29, 0.717) is 11.5 Å². The zero-order chi connectivity index (χ0) is 14.3. The third-order valence-electron chi connectivity index (χ3n) is 2.55. The van der Waals surface area contributed by atoms with Crippen molar-refractivity contribution in [3.63, 3.8) is 0 Å². The van der Waals surface area contributed by atoms with Crippen molar-refractivity contribution in [2.45, 2.75) is 53.1 Å². The minimum absolute atomic E-state index is 0.0512. The first-order valence-electron chi connectivity index (χ1n) is 6.30. The van der Waals surface area contributed by atoms with Crippen LogP contribution in [0.3, 0.4) is 0 Å². The standard InChI is InChI=1S/C11H18N2O3.C2H6/c1-5-6-7-12-8(10(14)15)9(13-7)11(2,3)16-4;1-2/h5-6H2,1-4H3,(H,12,13)(H,14,15);1-2H3. The van der Waals surface area contributed by atoms with Crippen molar-refractivity contribution in [3.8, 4) is 0 Å². The first-order chi connectivity index (χ1) is 8.42. The molecule has 1 aromatic heterocycles. The average Bonchev–Trinajstić information content (AvgIpc) is 2.77. The Hall–Kier alpha value is -1.36. The molecule has 0 radical (unpaired) electrons. The van der Waals surface area contributed by atoms with Crippen molar-refractivity contribution in [2.24, 2.45) is 0 Å². The zero-order valence-electron chi connectivity index (χ0n) is 12.1. The number of ether oxygens (including phenoxy) is 1. The Labute approximate surface area is 109 Å². The quantitative estimate of drug-likeness (QED) is 0.849. The van der Waals surface area contributed by atoms with Gasteiger partial charge in [-0.3, -0.25) is 0 Å². The largest absolute Gasteiger partial charge is 0.476 e. The fraction of sp³-hybridized carbons (Fsp3) is 0.692. The van der Waals surface area contributed by atoms with E-state index in [1.54, 1.807) is 7.11 Å². The number of H-pyrrole nitrogens is 1. The van der Waals surface area contributed by atoms with E-state index in [0.717, 1.165) is 12.8 Å². The molecular formula is C13H24N2O3. The predicted octanol–water partition coefficient (Wildman–Crippen LogP) is 2.97. The molecule has 5 heteroatoms. The number of hydrogen-bond acceptors (Lipinski definition) is 3. The molecule has 0 aliphatic carbocycles. The molecule has 1 rings (SSSR count). The number of aryl methyl sites for hydroxylation is 1. The highest BCUT2D eigenvalue weighted by molar-refractivity contribution is 5.87. The van der Waals surface area contributed by atoms with Crippen molar-refractivity contribution in [2.75, 3.05) is 7.11 Å². The van der Waals surface area contributed by atoms with Crippen LogP contribution in [0, 0.1) is 0 Å². The summed E-state index contributed by atoms with van der Waals surface area (Å²) in [6.07, 6.45) is 1.65. The van der Waals surface area contributed by atoms with Crippen LogP contribution in [0.25, 0.3) is 0 Å². The molecule has 18 heavy (non-hydrogen) atoms. The second-order valence-electron chi connectivity index (χ2n) is 4.18. The molecule has 5 nitrogen and oxygen atoms in total. The summed E-state index contributed by atoms with van der Waals surface area (Å²) >= 11 is 0. The molecule has 1 heterocycles.